The van der Waals surface area contributed by atoms with Crippen molar-refractivity contribution < 1.29 is 9.53 Å². The third kappa shape index (κ3) is 11.7. The molecule has 0 aliphatic rings. The average Bonchev–Trinajstić information content (AvgIpc) is 2.09. The van der Waals surface area contributed by atoms with Gasteiger partial charge in [-0.05, 0) is 25.5 Å². The lowest BCUT2D eigenvalue weighted by atomic mass is 10.2. The Morgan fingerprint density at radius 2 is 1.87 bits per heavy atom. The summed E-state index contributed by atoms with van der Waals surface area (Å²) in [6, 6.07) is 0. The molecule has 2 nitrogen and oxygen atoms in total. The van der Waals surface area contributed by atoms with Crippen molar-refractivity contribution >= 4 is 17.7 Å². The Bertz CT molecular complexity index is 173. The molecule has 0 fully saturated rings. The summed E-state index contributed by atoms with van der Waals surface area (Å²) in [5.41, 5.74) is 0. The molecule has 0 heterocycles. The van der Waals surface area contributed by atoms with E-state index in [4.69, 9.17) is 4.74 Å². The van der Waals surface area contributed by atoms with Crippen molar-refractivity contribution in [2.45, 2.75) is 58.1 Å². The summed E-state index contributed by atoms with van der Waals surface area (Å²) in [6.07, 6.45) is 3.86. The number of carbonyl (C=O) groups is 1. The fourth-order valence-electron chi connectivity index (χ4n) is 1.16. The summed E-state index contributed by atoms with van der Waals surface area (Å²) in [5, 5.41) is 0. The first kappa shape index (κ1) is 14.8. The van der Waals surface area contributed by atoms with E-state index in [9.17, 15) is 4.79 Å². The molecular formula is C12H24O2S. The van der Waals surface area contributed by atoms with Gasteiger partial charge in [0.15, 0.2) is 0 Å². The lowest BCUT2D eigenvalue weighted by Gasteiger charge is -2.17. The van der Waals surface area contributed by atoms with E-state index in [1.807, 2.05) is 18.7 Å². The zero-order chi connectivity index (χ0) is 11.7. The SMILES string of the molecule is CCOC(=O)CCCCCSC(C)(C)C. The number of rotatable bonds is 7. The minimum Gasteiger partial charge on any atom is -0.466 e. The third-order valence-corrected chi connectivity index (χ3v) is 3.22. The van der Waals surface area contributed by atoms with Crippen LogP contribution < -0.4 is 0 Å². The van der Waals surface area contributed by atoms with Crippen LogP contribution in [-0.4, -0.2) is 23.1 Å². The molecule has 0 atom stereocenters. The van der Waals surface area contributed by atoms with E-state index in [1.54, 1.807) is 0 Å². The molecule has 0 aromatic rings. The van der Waals surface area contributed by atoms with Crippen molar-refractivity contribution in [2.75, 3.05) is 12.4 Å². The highest BCUT2D eigenvalue weighted by atomic mass is 32.2. The van der Waals surface area contributed by atoms with E-state index in [2.05, 4.69) is 20.8 Å². The Hall–Kier alpha value is -0.180. The van der Waals surface area contributed by atoms with Crippen molar-refractivity contribution in [3.05, 3.63) is 0 Å². The normalized spacial score (nSPS) is 11.5. The standard InChI is InChI=1S/C12H24O2S/c1-5-14-11(13)9-7-6-8-10-15-12(2,3)4/h5-10H2,1-4H3. The van der Waals surface area contributed by atoms with E-state index in [1.165, 1.54) is 12.2 Å². The number of ether oxygens (including phenoxy) is 1. The highest BCUT2D eigenvalue weighted by Gasteiger charge is 2.09. The Morgan fingerprint density at radius 1 is 1.20 bits per heavy atom. The van der Waals surface area contributed by atoms with Crippen LogP contribution in [0.15, 0.2) is 0 Å². The molecule has 0 aromatic carbocycles. The summed E-state index contributed by atoms with van der Waals surface area (Å²) in [4.78, 5) is 11.0. The monoisotopic (exact) mass is 232 g/mol. The fourth-order valence-corrected chi connectivity index (χ4v) is 2.12. The van der Waals surface area contributed by atoms with Crippen molar-refractivity contribution in [3.8, 4) is 0 Å². The second kappa shape index (κ2) is 8.03. The van der Waals surface area contributed by atoms with Crippen LogP contribution in [0.2, 0.25) is 0 Å². The topological polar surface area (TPSA) is 26.3 Å². The smallest absolute Gasteiger partial charge is 0.305 e. The van der Waals surface area contributed by atoms with Gasteiger partial charge in [0.2, 0.25) is 0 Å². The zero-order valence-corrected chi connectivity index (χ0v) is 11.3. The van der Waals surface area contributed by atoms with Gasteiger partial charge < -0.3 is 4.74 Å². The zero-order valence-electron chi connectivity index (χ0n) is 10.5. The van der Waals surface area contributed by atoms with Crippen LogP contribution in [0, 0.1) is 0 Å². The van der Waals surface area contributed by atoms with Gasteiger partial charge in [-0.3, -0.25) is 4.79 Å². The molecule has 0 aromatic heterocycles. The fraction of sp³-hybridized carbons (Fsp3) is 0.917. The predicted octanol–water partition coefficient (Wildman–Crippen LogP) is 3.64. The maximum absolute atomic E-state index is 11.0. The minimum atomic E-state index is -0.0547. The van der Waals surface area contributed by atoms with E-state index in [0.29, 0.717) is 17.8 Å². The van der Waals surface area contributed by atoms with Gasteiger partial charge in [0.05, 0.1) is 6.61 Å². The average molecular weight is 232 g/mol. The first-order valence-corrected chi connectivity index (χ1v) is 6.74. The van der Waals surface area contributed by atoms with E-state index in [-0.39, 0.29) is 5.97 Å². The molecule has 3 heteroatoms. The number of unbranched alkanes of at least 4 members (excludes halogenated alkanes) is 2. The molecule has 0 bridgehead atoms. The summed E-state index contributed by atoms with van der Waals surface area (Å²) in [7, 11) is 0. The first-order chi connectivity index (χ1) is 6.95. The van der Waals surface area contributed by atoms with Gasteiger partial charge >= 0.3 is 5.97 Å². The highest BCUT2D eigenvalue weighted by molar-refractivity contribution is 8.00. The number of thioether (sulfide) groups is 1. The maximum atomic E-state index is 11.0. The third-order valence-electron chi connectivity index (χ3n) is 1.87. The van der Waals surface area contributed by atoms with E-state index < -0.39 is 0 Å². The van der Waals surface area contributed by atoms with Crippen molar-refractivity contribution in [1.29, 1.82) is 0 Å². The van der Waals surface area contributed by atoms with E-state index in [0.717, 1.165) is 12.8 Å². The van der Waals surface area contributed by atoms with Crippen LogP contribution in [0.4, 0.5) is 0 Å². The second-order valence-corrected chi connectivity index (χ2v) is 6.50. The molecule has 15 heavy (non-hydrogen) atoms. The highest BCUT2D eigenvalue weighted by Crippen LogP contribution is 2.24. The van der Waals surface area contributed by atoms with Crippen LogP contribution in [0.25, 0.3) is 0 Å². The van der Waals surface area contributed by atoms with Gasteiger partial charge in [-0.1, -0.05) is 27.2 Å². The Balaban J connectivity index is 3.22. The van der Waals surface area contributed by atoms with Gasteiger partial charge in [0.1, 0.15) is 0 Å². The van der Waals surface area contributed by atoms with Gasteiger partial charge in [-0.25, -0.2) is 0 Å². The molecule has 0 aliphatic heterocycles. The van der Waals surface area contributed by atoms with Crippen LogP contribution in [0.5, 0.6) is 0 Å². The van der Waals surface area contributed by atoms with Crippen molar-refractivity contribution in [2.24, 2.45) is 0 Å². The summed E-state index contributed by atoms with van der Waals surface area (Å²) < 4.78 is 5.22. The largest absolute Gasteiger partial charge is 0.466 e. The molecule has 0 rings (SSSR count). The molecule has 0 radical (unpaired) electrons. The van der Waals surface area contributed by atoms with Gasteiger partial charge in [-0.2, -0.15) is 11.8 Å². The molecule has 0 amide bonds. The van der Waals surface area contributed by atoms with Crippen LogP contribution in [0.1, 0.15) is 53.4 Å². The van der Waals surface area contributed by atoms with E-state index >= 15 is 0 Å². The lowest BCUT2D eigenvalue weighted by molar-refractivity contribution is -0.143. The molecule has 0 unspecified atom stereocenters. The predicted molar refractivity (Wildman–Crippen MR) is 67.3 cm³/mol. The number of hydrogen-bond acceptors (Lipinski definition) is 3. The van der Waals surface area contributed by atoms with Gasteiger partial charge in [-0.15, -0.1) is 0 Å². The van der Waals surface area contributed by atoms with Crippen LogP contribution in [0.3, 0.4) is 0 Å². The molecule has 90 valence electrons. The first-order valence-electron chi connectivity index (χ1n) is 5.75. The molecule has 0 N–H and O–H groups in total. The quantitative estimate of drug-likeness (QED) is 0.495. The number of carbonyl (C=O) groups excluding carboxylic acids is 1. The maximum Gasteiger partial charge on any atom is 0.305 e. The number of hydrogen-bond donors (Lipinski definition) is 0. The Labute approximate surface area is 98.2 Å². The Morgan fingerprint density at radius 3 is 2.40 bits per heavy atom. The molecule has 0 saturated carbocycles. The second-order valence-electron chi connectivity index (χ2n) is 4.58. The van der Waals surface area contributed by atoms with Crippen LogP contribution >= 0.6 is 11.8 Å². The van der Waals surface area contributed by atoms with Crippen LogP contribution in [-0.2, 0) is 9.53 Å². The molecule has 0 spiro atoms. The van der Waals surface area contributed by atoms with Gasteiger partial charge in [0, 0.05) is 11.2 Å². The molecular weight excluding hydrogens is 208 g/mol. The van der Waals surface area contributed by atoms with Crippen molar-refractivity contribution in [3.63, 3.8) is 0 Å². The van der Waals surface area contributed by atoms with Gasteiger partial charge in [0.25, 0.3) is 0 Å². The molecule has 0 aliphatic carbocycles. The minimum absolute atomic E-state index is 0.0547. The summed E-state index contributed by atoms with van der Waals surface area (Å²) in [5.74, 6) is 1.13. The summed E-state index contributed by atoms with van der Waals surface area (Å²) >= 11 is 1.99. The van der Waals surface area contributed by atoms with Crippen molar-refractivity contribution in [1.82, 2.24) is 0 Å². The summed E-state index contributed by atoms with van der Waals surface area (Å²) in [6.45, 7) is 9.04. The number of esters is 1. The molecule has 0 saturated heterocycles. The lowest BCUT2D eigenvalue weighted by Crippen LogP contribution is -2.08. The Kier molecular flexibility index (Phi) is 7.93.